The Bertz CT molecular complexity index is 1390. The number of halogens is 1. The van der Waals surface area contributed by atoms with Gasteiger partial charge in [0.1, 0.15) is 6.54 Å². The molecule has 158 valence electrons. The third kappa shape index (κ3) is 4.09. The van der Waals surface area contributed by atoms with Crippen LogP contribution in [0.4, 0.5) is 5.69 Å². The Hall–Kier alpha value is -3.09. The highest BCUT2D eigenvalue weighted by Gasteiger charge is 2.24. The summed E-state index contributed by atoms with van der Waals surface area (Å²) in [7, 11) is -3.78. The topological polar surface area (TPSA) is 68.2 Å². The Labute approximate surface area is 186 Å². The number of fused-ring (bicyclic) bond motifs is 1. The van der Waals surface area contributed by atoms with E-state index in [4.69, 9.17) is 11.6 Å². The number of para-hydroxylation sites is 1. The van der Waals surface area contributed by atoms with Gasteiger partial charge in [0.15, 0.2) is 0 Å². The minimum atomic E-state index is -3.78. The van der Waals surface area contributed by atoms with Crippen molar-refractivity contribution >= 4 is 43.9 Å². The minimum absolute atomic E-state index is 0.00989. The van der Waals surface area contributed by atoms with Crippen LogP contribution in [0.25, 0.3) is 10.9 Å². The molecule has 4 rings (SSSR count). The monoisotopic (exact) mass is 452 g/mol. The number of nitrogens with zero attached hydrogens (tertiary/aromatic N) is 1. The Kier molecular flexibility index (Phi) is 5.60. The normalized spacial score (nSPS) is 11.6. The van der Waals surface area contributed by atoms with Crippen LogP contribution in [0.2, 0.25) is 5.02 Å². The number of anilines is 1. The fraction of sp³-hybridized carbons (Fsp3) is 0.125. The van der Waals surface area contributed by atoms with Gasteiger partial charge in [-0.25, -0.2) is 8.42 Å². The number of benzene rings is 3. The summed E-state index contributed by atoms with van der Waals surface area (Å²) in [6.45, 7) is 3.93. The highest BCUT2D eigenvalue weighted by atomic mass is 35.5. The lowest BCUT2D eigenvalue weighted by atomic mass is 10.1. The number of rotatable bonds is 5. The molecule has 0 saturated heterocycles. The van der Waals surface area contributed by atoms with E-state index in [1.807, 2.05) is 38.1 Å². The Morgan fingerprint density at radius 1 is 0.968 bits per heavy atom. The first-order valence-corrected chi connectivity index (χ1v) is 11.6. The molecule has 0 aliphatic heterocycles. The molecule has 1 N–H and O–H groups in total. The van der Waals surface area contributed by atoms with Gasteiger partial charge in [-0.2, -0.15) is 0 Å². The largest absolute Gasteiger partial charge is 0.337 e. The minimum Gasteiger partial charge on any atom is -0.337 e. The predicted molar refractivity (Wildman–Crippen MR) is 123 cm³/mol. The molecule has 0 spiro atoms. The molecule has 0 fully saturated rings. The molecule has 4 aromatic rings. The van der Waals surface area contributed by atoms with Gasteiger partial charge >= 0.3 is 0 Å². The summed E-state index contributed by atoms with van der Waals surface area (Å²) in [5.41, 5.74) is 3.50. The van der Waals surface area contributed by atoms with Gasteiger partial charge in [-0.05, 0) is 61.4 Å². The van der Waals surface area contributed by atoms with Gasteiger partial charge in [0.2, 0.25) is 15.7 Å². The maximum Gasteiger partial charge on any atom is 0.244 e. The predicted octanol–water partition coefficient (Wildman–Crippen LogP) is 5.38. The molecule has 0 saturated carbocycles. The van der Waals surface area contributed by atoms with Crippen molar-refractivity contribution in [3.8, 4) is 0 Å². The number of amides is 1. The first kappa shape index (κ1) is 21.2. The van der Waals surface area contributed by atoms with Crippen LogP contribution in [-0.4, -0.2) is 18.9 Å². The smallest absolute Gasteiger partial charge is 0.244 e. The molecule has 0 bridgehead atoms. The van der Waals surface area contributed by atoms with Crippen LogP contribution in [0.3, 0.4) is 0 Å². The van der Waals surface area contributed by atoms with Crippen molar-refractivity contribution in [3.63, 3.8) is 0 Å². The molecular weight excluding hydrogens is 432 g/mol. The molecule has 1 amide bonds. The molecule has 0 aliphatic carbocycles. The summed E-state index contributed by atoms with van der Waals surface area (Å²) >= 11 is 5.91. The number of hydrogen-bond acceptors (Lipinski definition) is 3. The van der Waals surface area contributed by atoms with E-state index in [0.717, 1.165) is 16.8 Å². The molecular formula is C24H21ClN2O3S. The van der Waals surface area contributed by atoms with Crippen LogP contribution in [0.5, 0.6) is 0 Å². The van der Waals surface area contributed by atoms with Gasteiger partial charge in [0.25, 0.3) is 0 Å². The molecule has 1 aromatic heterocycles. The lowest BCUT2D eigenvalue weighted by molar-refractivity contribution is -0.116. The van der Waals surface area contributed by atoms with Crippen LogP contribution >= 0.6 is 11.6 Å². The molecule has 0 aliphatic rings. The molecule has 0 radical (unpaired) electrons. The fourth-order valence-electron chi connectivity index (χ4n) is 3.53. The summed E-state index contributed by atoms with van der Waals surface area (Å²) in [6.07, 6.45) is 1.53. The van der Waals surface area contributed by atoms with E-state index in [9.17, 15) is 13.2 Å². The SMILES string of the molecule is Cc1cccc(NC(=O)Cn2cc(S(=O)(=O)c3ccc(Cl)cc3)c3ccccc32)c1C. The van der Waals surface area contributed by atoms with E-state index < -0.39 is 9.84 Å². The lowest BCUT2D eigenvalue weighted by Gasteiger charge is -2.11. The number of hydrogen-bond donors (Lipinski definition) is 1. The Morgan fingerprint density at radius 3 is 2.42 bits per heavy atom. The van der Waals surface area contributed by atoms with Crippen molar-refractivity contribution in [1.82, 2.24) is 4.57 Å². The first-order valence-electron chi connectivity index (χ1n) is 9.72. The quantitative estimate of drug-likeness (QED) is 0.441. The van der Waals surface area contributed by atoms with Crippen molar-refractivity contribution in [2.45, 2.75) is 30.2 Å². The standard InChI is InChI=1S/C24H21ClN2O3S/c1-16-6-5-8-21(17(16)2)26-24(28)15-27-14-23(20-7-3-4-9-22(20)27)31(29,30)19-12-10-18(25)11-13-19/h3-14H,15H2,1-2H3,(H,26,28). The van der Waals surface area contributed by atoms with Crippen LogP contribution in [-0.2, 0) is 21.2 Å². The number of sulfone groups is 1. The summed E-state index contributed by atoms with van der Waals surface area (Å²) in [6, 6.07) is 18.9. The van der Waals surface area contributed by atoms with Gasteiger partial charge in [-0.15, -0.1) is 0 Å². The van der Waals surface area contributed by atoms with Crippen LogP contribution < -0.4 is 5.32 Å². The van der Waals surface area contributed by atoms with Gasteiger partial charge in [0, 0.05) is 27.8 Å². The fourth-order valence-corrected chi connectivity index (χ4v) is 5.13. The van der Waals surface area contributed by atoms with Crippen molar-refractivity contribution in [2.24, 2.45) is 0 Å². The average molecular weight is 453 g/mol. The van der Waals surface area contributed by atoms with Crippen molar-refractivity contribution in [2.75, 3.05) is 5.32 Å². The number of aromatic nitrogens is 1. The van der Waals surface area contributed by atoms with E-state index in [1.165, 1.54) is 18.3 Å². The van der Waals surface area contributed by atoms with Crippen LogP contribution in [0.15, 0.2) is 82.7 Å². The number of nitrogens with one attached hydrogen (secondary N) is 1. The molecule has 0 unspecified atom stereocenters. The third-order valence-corrected chi connectivity index (χ3v) is 7.41. The third-order valence-electron chi connectivity index (χ3n) is 5.36. The lowest BCUT2D eigenvalue weighted by Crippen LogP contribution is -2.19. The van der Waals surface area contributed by atoms with E-state index in [1.54, 1.807) is 34.9 Å². The van der Waals surface area contributed by atoms with Gasteiger partial charge in [0.05, 0.1) is 9.79 Å². The van der Waals surface area contributed by atoms with Crippen molar-refractivity contribution in [3.05, 3.63) is 89.1 Å². The van der Waals surface area contributed by atoms with Gasteiger partial charge in [-0.3, -0.25) is 4.79 Å². The molecule has 5 nitrogen and oxygen atoms in total. The molecule has 0 atom stereocenters. The highest BCUT2D eigenvalue weighted by Crippen LogP contribution is 2.31. The van der Waals surface area contributed by atoms with Crippen molar-refractivity contribution in [1.29, 1.82) is 0 Å². The summed E-state index contributed by atoms with van der Waals surface area (Å²) in [5, 5.41) is 3.96. The average Bonchev–Trinajstić information content (AvgIpc) is 3.11. The van der Waals surface area contributed by atoms with E-state index >= 15 is 0 Å². The Morgan fingerprint density at radius 2 is 1.68 bits per heavy atom. The number of aryl methyl sites for hydroxylation is 1. The van der Waals surface area contributed by atoms with Crippen LogP contribution in [0.1, 0.15) is 11.1 Å². The zero-order valence-electron chi connectivity index (χ0n) is 17.1. The maximum atomic E-state index is 13.3. The molecule has 1 heterocycles. The number of carbonyl (C=O) groups excluding carboxylic acids is 1. The molecule has 7 heteroatoms. The number of carbonyl (C=O) groups is 1. The first-order chi connectivity index (χ1) is 14.8. The van der Waals surface area contributed by atoms with E-state index in [2.05, 4.69) is 5.32 Å². The van der Waals surface area contributed by atoms with E-state index in [0.29, 0.717) is 15.9 Å². The molecule has 31 heavy (non-hydrogen) atoms. The Balaban J connectivity index is 1.71. The zero-order chi connectivity index (χ0) is 22.2. The summed E-state index contributed by atoms with van der Waals surface area (Å²) < 4.78 is 28.2. The summed E-state index contributed by atoms with van der Waals surface area (Å²) in [4.78, 5) is 13.1. The van der Waals surface area contributed by atoms with Gasteiger partial charge in [-0.1, -0.05) is 41.9 Å². The second-order valence-electron chi connectivity index (χ2n) is 7.39. The molecule has 3 aromatic carbocycles. The maximum absolute atomic E-state index is 13.3. The van der Waals surface area contributed by atoms with E-state index in [-0.39, 0.29) is 22.2 Å². The van der Waals surface area contributed by atoms with Crippen molar-refractivity contribution < 1.29 is 13.2 Å². The second-order valence-corrected chi connectivity index (χ2v) is 9.75. The van der Waals surface area contributed by atoms with Gasteiger partial charge < -0.3 is 9.88 Å². The zero-order valence-corrected chi connectivity index (χ0v) is 18.7. The van der Waals surface area contributed by atoms with Crippen LogP contribution in [0, 0.1) is 13.8 Å². The second kappa shape index (κ2) is 8.21. The summed E-state index contributed by atoms with van der Waals surface area (Å²) in [5.74, 6) is -0.232. The highest BCUT2D eigenvalue weighted by molar-refractivity contribution is 7.91.